The molecule has 1 aromatic rings. The standard InChI is InChI=1S/C9H8F3NO2/c10-9(11,12)5-13-8(15)6-3-1-2-4-7(6)14/h1-4,14H,5H2,(H,13,15). The fourth-order valence-electron chi connectivity index (χ4n) is 0.941. The first kappa shape index (κ1) is 11.4. The molecule has 0 aliphatic heterocycles. The summed E-state index contributed by atoms with van der Waals surface area (Å²) in [5.41, 5.74) is -0.179. The first-order chi connectivity index (χ1) is 6.90. The molecule has 82 valence electrons. The van der Waals surface area contributed by atoms with Crippen LogP contribution in [-0.2, 0) is 0 Å². The molecule has 2 N–H and O–H groups in total. The van der Waals surface area contributed by atoms with Crippen LogP contribution in [0.1, 0.15) is 10.4 Å². The summed E-state index contributed by atoms with van der Waals surface area (Å²) in [7, 11) is 0. The Balaban J connectivity index is 2.66. The Morgan fingerprint density at radius 1 is 1.33 bits per heavy atom. The number of para-hydroxylation sites is 1. The van der Waals surface area contributed by atoms with E-state index < -0.39 is 18.6 Å². The summed E-state index contributed by atoms with van der Waals surface area (Å²) >= 11 is 0. The van der Waals surface area contributed by atoms with E-state index in [1.165, 1.54) is 24.3 Å². The Kier molecular flexibility index (Phi) is 3.18. The van der Waals surface area contributed by atoms with E-state index >= 15 is 0 Å². The molecule has 1 amide bonds. The van der Waals surface area contributed by atoms with Crippen LogP contribution >= 0.6 is 0 Å². The number of amides is 1. The highest BCUT2D eigenvalue weighted by molar-refractivity contribution is 5.96. The van der Waals surface area contributed by atoms with Gasteiger partial charge in [-0.1, -0.05) is 12.1 Å². The third-order valence-electron chi connectivity index (χ3n) is 1.60. The van der Waals surface area contributed by atoms with Crippen LogP contribution < -0.4 is 5.32 Å². The van der Waals surface area contributed by atoms with Gasteiger partial charge in [0.25, 0.3) is 5.91 Å². The third kappa shape index (κ3) is 3.49. The van der Waals surface area contributed by atoms with Crippen molar-refractivity contribution in [3.05, 3.63) is 29.8 Å². The number of carbonyl (C=O) groups excluding carboxylic acids is 1. The normalized spacial score (nSPS) is 11.1. The Morgan fingerprint density at radius 3 is 2.47 bits per heavy atom. The van der Waals surface area contributed by atoms with Gasteiger partial charge in [-0.2, -0.15) is 13.2 Å². The zero-order valence-corrected chi connectivity index (χ0v) is 7.51. The van der Waals surface area contributed by atoms with Crippen LogP contribution in [0.4, 0.5) is 13.2 Å². The maximum absolute atomic E-state index is 11.8. The maximum atomic E-state index is 11.8. The SMILES string of the molecule is O=C(NCC(F)(F)F)c1ccccc1O. The minimum absolute atomic E-state index is 0.179. The number of hydrogen-bond donors (Lipinski definition) is 2. The van der Waals surface area contributed by atoms with E-state index in [2.05, 4.69) is 0 Å². The average molecular weight is 219 g/mol. The lowest BCUT2D eigenvalue weighted by Crippen LogP contribution is -2.33. The Morgan fingerprint density at radius 2 is 1.93 bits per heavy atom. The number of carbonyl (C=O) groups is 1. The van der Waals surface area contributed by atoms with Gasteiger partial charge in [0.2, 0.25) is 0 Å². The monoisotopic (exact) mass is 219 g/mol. The van der Waals surface area contributed by atoms with Crippen LogP contribution in [0.2, 0.25) is 0 Å². The first-order valence-electron chi connectivity index (χ1n) is 4.03. The lowest BCUT2D eigenvalue weighted by molar-refractivity contribution is -0.123. The van der Waals surface area contributed by atoms with E-state index in [4.69, 9.17) is 5.11 Å². The van der Waals surface area contributed by atoms with Crippen molar-refractivity contribution in [2.24, 2.45) is 0 Å². The summed E-state index contributed by atoms with van der Waals surface area (Å²) in [6.07, 6.45) is -4.46. The van der Waals surface area contributed by atoms with Crippen molar-refractivity contribution in [2.75, 3.05) is 6.54 Å². The number of halogens is 3. The van der Waals surface area contributed by atoms with Gasteiger partial charge in [0.15, 0.2) is 0 Å². The zero-order valence-electron chi connectivity index (χ0n) is 7.51. The van der Waals surface area contributed by atoms with Crippen molar-refractivity contribution in [1.82, 2.24) is 5.32 Å². The van der Waals surface area contributed by atoms with Crippen molar-refractivity contribution in [3.8, 4) is 5.75 Å². The van der Waals surface area contributed by atoms with Gasteiger partial charge in [0, 0.05) is 0 Å². The van der Waals surface area contributed by atoms with Gasteiger partial charge in [-0.25, -0.2) is 0 Å². The van der Waals surface area contributed by atoms with E-state index in [-0.39, 0.29) is 11.3 Å². The van der Waals surface area contributed by atoms with Gasteiger partial charge in [-0.15, -0.1) is 0 Å². The molecule has 0 aliphatic rings. The molecule has 1 aromatic carbocycles. The molecule has 0 radical (unpaired) electrons. The zero-order chi connectivity index (χ0) is 11.5. The van der Waals surface area contributed by atoms with Crippen LogP contribution in [0, 0.1) is 0 Å². The van der Waals surface area contributed by atoms with Gasteiger partial charge in [0.05, 0.1) is 5.56 Å². The molecule has 0 saturated heterocycles. The van der Waals surface area contributed by atoms with Gasteiger partial charge >= 0.3 is 6.18 Å². The Hall–Kier alpha value is -1.72. The van der Waals surface area contributed by atoms with Crippen LogP contribution in [0.5, 0.6) is 5.75 Å². The quantitative estimate of drug-likeness (QED) is 0.795. The number of phenolic OH excluding ortho intramolecular Hbond substituents is 1. The van der Waals surface area contributed by atoms with E-state index in [9.17, 15) is 18.0 Å². The number of rotatable bonds is 2. The van der Waals surface area contributed by atoms with E-state index in [1.807, 2.05) is 0 Å². The predicted molar refractivity (Wildman–Crippen MR) is 46.5 cm³/mol. The van der Waals surface area contributed by atoms with Gasteiger partial charge in [-0.3, -0.25) is 4.79 Å². The molecule has 0 heterocycles. The fourth-order valence-corrected chi connectivity index (χ4v) is 0.941. The molecule has 0 aromatic heterocycles. The first-order valence-corrected chi connectivity index (χ1v) is 4.03. The highest BCUT2D eigenvalue weighted by Gasteiger charge is 2.28. The van der Waals surface area contributed by atoms with Crippen molar-refractivity contribution < 1.29 is 23.1 Å². The van der Waals surface area contributed by atoms with Crippen molar-refractivity contribution >= 4 is 5.91 Å². The largest absolute Gasteiger partial charge is 0.507 e. The molecular formula is C9H8F3NO2. The van der Waals surface area contributed by atoms with Crippen LogP contribution in [0.3, 0.4) is 0 Å². The smallest absolute Gasteiger partial charge is 0.405 e. The number of phenols is 1. The lowest BCUT2D eigenvalue weighted by atomic mass is 10.2. The summed E-state index contributed by atoms with van der Waals surface area (Å²) < 4.78 is 35.3. The second-order valence-corrected chi connectivity index (χ2v) is 2.82. The second-order valence-electron chi connectivity index (χ2n) is 2.82. The molecule has 0 unspecified atom stereocenters. The molecule has 1 rings (SSSR count). The Labute approximate surface area is 83.5 Å². The number of nitrogens with one attached hydrogen (secondary N) is 1. The molecule has 6 heteroatoms. The maximum Gasteiger partial charge on any atom is 0.405 e. The van der Waals surface area contributed by atoms with Gasteiger partial charge < -0.3 is 10.4 Å². The summed E-state index contributed by atoms with van der Waals surface area (Å²) in [5.74, 6) is -1.30. The number of hydrogen-bond acceptors (Lipinski definition) is 2. The van der Waals surface area contributed by atoms with Crippen LogP contribution in [0.15, 0.2) is 24.3 Å². The highest BCUT2D eigenvalue weighted by atomic mass is 19.4. The number of benzene rings is 1. The highest BCUT2D eigenvalue weighted by Crippen LogP contribution is 2.16. The summed E-state index contributed by atoms with van der Waals surface area (Å²) in [5, 5.41) is 10.8. The van der Waals surface area contributed by atoms with Crippen molar-refractivity contribution in [1.29, 1.82) is 0 Å². The van der Waals surface area contributed by atoms with Gasteiger partial charge in [-0.05, 0) is 12.1 Å². The summed E-state index contributed by atoms with van der Waals surface area (Å²) in [6, 6.07) is 5.38. The van der Waals surface area contributed by atoms with Crippen molar-refractivity contribution in [2.45, 2.75) is 6.18 Å². The second kappa shape index (κ2) is 4.20. The third-order valence-corrected chi connectivity index (χ3v) is 1.60. The molecule has 0 spiro atoms. The van der Waals surface area contributed by atoms with Crippen LogP contribution in [0.25, 0.3) is 0 Å². The molecule has 0 bridgehead atoms. The molecule has 0 atom stereocenters. The molecule has 0 saturated carbocycles. The molecule has 15 heavy (non-hydrogen) atoms. The lowest BCUT2D eigenvalue weighted by Gasteiger charge is -2.08. The average Bonchev–Trinajstić information content (AvgIpc) is 2.14. The molecule has 0 fully saturated rings. The minimum atomic E-state index is -4.46. The van der Waals surface area contributed by atoms with E-state index in [0.29, 0.717) is 0 Å². The number of aromatic hydroxyl groups is 1. The van der Waals surface area contributed by atoms with Crippen molar-refractivity contribution in [3.63, 3.8) is 0 Å². The number of alkyl halides is 3. The van der Waals surface area contributed by atoms with Gasteiger partial charge in [0.1, 0.15) is 12.3 Å². The fraction of sp³-hybridized carbons (Fsp3) is 0.222. The molecule has 3 nitrogen and oxygen atoms in total. The van der Waals surface area contributed by atoms with E-state index in [0.717, 1.165) is 0 Å². The summed E-state index contributed by atoms with van der Waals surface area (Å²) in [6.45, 7) is -1.42. The summed E-state index contributed by atoms with van der Waals surface area (Å²) in [4.78, 5) is 11.1. The molecular weight excluding hydrogens is 211 g/mol. The predicted octanol–water partition coefficient (Wildman–Crippen LogP) is 1.68. The van der Waals surface area contributed by atoms with Crippen LogP contribution in [-0.4, -0.2) is 23.7 Å². The molecule has 0 aliphatic carbocycles. The van der Waals surface area contributed by atoms with E-state index in [1.54, 1.807) is 5.32 Å². The Bertz CT molecular complexity index is 363. The minimum Gasteiger partial charge on any atom is -0.507 e. The topological polar surface area (TPSA) is 49.3 Å².